The van der Waals surface area contributed by atoms with Gasteiger partial charge in [-0.05, 0) is 27.2 Å². The SMILES string of the molecule is CC(C)(C)NC(=O)CNC(=O)CCCC(=O)O. The van der Waals surface area contributed by atoms with Crippen molar-refractivity contribution in [3.63, 3.8) is 0 Å². The van der Waals surface area contributed by atoms with Crippen molar-refractivity contribution in [3.05, 3.63) is 0 Å². The normalized spacial score (nSPS) is 10.8. The topological polar surface area (TPSA) is 95.5 Å². The first-order chi connectivity index (χ1) is 7.70. The number of nitrogens with one attached hydrogen (secondary N) is 2. The second-order valence-corrected chi connectivity index (χ2v) is 4.82. The van der Waals surface area contributed by atoms with Crippen LogP contribution < -0.4 is 10.6 Å². The Labute approximate surface area is 101 Å². The largest absolute Gasteiger partial charge is 0.481 e. The summed E-state index contributed by atoms with van der Waals surface area (Å²) in [7, 11) is 0. The van der Waals surface area contributed by atoms with Crippen LogP contribution in [-0.4, -0.2) is 35.0 Å². The number of carboxylic acids is 1. The molecule has 3 N–H and O–H groups in total. The van der Waals surface area contributed by atoms with Gasteiger partial charge < -0.3 is 15.7 Å². The summed E-state index contributed by atoms with van der Waals surface area (Å²) < 4.78 is 0. The zero-order valence-corrected chi connectivity index (χ0v) is 10.5. The fourth-order valence-electron chi connectivity index (χ4n) is 1.13. The van der Waals surface area contributed by atoms with Crippen LogP contribution in [0.4, 0.5) is 0 Å². The van der Waals surface area contributed by atoms with Gasteiger partial charge in [-0.25, -0.2) is 0 Å². The molecule has 6 heteroatoms. The molecule has 0 spiro atoms. The maximum Gasteiger partial charge on any atom is 0.303 e. The maximum absolute atomic E-state index is 11.3. The number of hydrogen-bond acceptors (Lipinski definition) is 3. The Kier molecular flexibility index (Phi) is 6.23. The van der Waals surface area contributed by atoms with Gasteiger partial charge >= 0.3 is 5.97 Å². The Morgan fingerprint density at radius 1 is 1.06 bits per heavy atom. The van der Waals surface area contributed by atoms with Crippen LogP contribution in [0.25, 0.3) is 0 Å². The minimum atomic E-state index is -0.928. The molecule has 0 aliphatic rings. The summed E-state index contributed by atoms with van der Waals surface area (Å²) in [5.74, 6) is -1.50. The highest BCUT2D eigenvalue weighted by Crippen LogP contribution is 1.97. The van der Waals surface area contributed by atoms with E-state index >= 15 is 0 Å². The molecule has 0 heterocycles. The van der Waals surface area contributed by atoms with E-state index in [0.717, 1.165) is 0 Å². The summed E-state index contributed by atoms with van der Waals surface area (Å²) >= 11 is 0. The average Bonchev–Trinajstić information content (AvgIpc) is 2.11. The van der Waals surface area contributed by atoms with Crippen LogP contribution in [0.3, 0.4) is 0 Å². The van der Waals surface area contributed by atoms with Crippen molar-refractivity contribution in [1.82, 2.24) is 10.6 Å². The van der Waals surface area contributed by atoms with Crippen molar-refractivity contribution in [1.29, 1.82) is 0 Å². The number of carbonyl (C=O) groups is 3. The van der Waals surface area contributed by atoms with Gasteiger partial charge in [0, 0.05) is 18.4 Å². The van der Waals surface area contributed by atoms with Gasteiger partial charge in [0.05, 0.1) is 6.54 Å². The third-order valence-corrected chi connectivity index (χ3v) is 1.76. The number of carbonyl (C=O) groups excluding carboxylic acids is 2. The van der Waals surface area contributed by atoms with Crippen LogP contribution in [0, 0.1) is 0 Å². The highest BCUT2D eigenvalue weighted by atomic mass is 16.4. The van der Waals surface area contributed by atoms with Gasteiger partial charge in [-0.1, -0.05) is 0 Å². The summed E-state index contributed by atoms with van der Waals surface area (Å²) in [5, 5.41) is 13.5. The number of aliphatic carboxylic acids is 1. The monoisotopic (exact) mass is 244 g/mol. The average molecular weight is 244 g/mol. The van der Waals surface area contributed by atoms with Crippen LogP contribution in [0.15, 0.2) is 0 Å². The van der Waals surface area contributed by atoms with Crippen LogP contribution in [0.1, 0.15) is 40.0 Å². The van der Waals surface area contributed by atoms with E-state index in [-0.39, 0.29) is 43.2 Å². The quantitative estimate of drug-likeness (QED) is 0.625. The molecule has 2 amide bonds. The number of rotatable bonds is 6. The van der Waals surface area contributed by atoms with E-state index < -0.39 is 5.97 Å². The standard InChI is InChI=1S/C11H20N2O4/c1-11(2,3)13-9(15)7-12-8(14)5-4-6-10(16)17/h4-7H2,1-3H3,(H,12,14)(H,13,15)(H,16,17). The van der Waals surface area contributed by atoms with E-state index in [1.54, 1.807) is 0 Å². The molecule has 0 rings (SSSR count). The number of hydrogen-bond donors (Lipinski definition) is 3. The molecule has 17 heavy (non-hydrogen) atoms. The van der Waals surface area contributed by atoms with E-state index in [4.69, 9.17) is 5.11 Å². The molecular formula is C11H20N2O4. The van der Waals surface area contributed by atoms with Gasteiger partial charge in [0.1, 0.15) is 0 Å². The Morgan fingerprint density at radius 2 is 1.65 bits per heavy atom. The maximum atomic E-state index is 11.3. The molecule has 0 saturated carbocycles. The molecule has 0 aliphatic heterocycles. The number of amides is 2. The van der Waals surface area contributed by atoms with Gasteiger partial charge in [-0.15, -0.1) is 0 Å². The minimum absolute atomic E-state index is 0.0401. The second-order valence-electron chi connectivity index (χ2n) is 4.82. The zero-order valence-electron chi connectivity index (χ0n) is 10.5. The molecule has 0 aliphatic carbocycles. The lowest BCUT2D eigenvalue weighted by atomic mass is 10.1. The predicted molar refractivity (Wildman–Crippen MR) is 62.4 cm³/mol. The smallest absolute Gasteiger partial charge is 0.303 e. The molecule has 0 aromatic rings. The van der Waals surface area contributed by atoms with Crippen molar-refractivity contribution in [2.24, 2.45) is 0 Å². The van der Waals surface area contributed by atoms with Gasteiger partial charge in [0.15, 0.2) is 0 Å². The lowest BCUT2D eigenvalue weighted by molar-refractivity contribution is -0.137. The number of carboxylic acid groups (broad SMARTS) is 1. The zero-order chi connectivity index (χ0) is 13.5. The summed E-state index contributed by atoms with van der Waals surface area (Å²) in [6.45, 7) is 5.46. The summed E-state index contributed by atoms with van der Waals surface area (Å²) in [6.07, 6.45) is 0.360. The van der Waals surface area contributed by atoms with Gasteiger partial charge in [-0.3, -0.25) is 14.4 Å². The predicted octanol–water partition coefficient (Wildman–Crippen LogP) is 0.272. The molecule has 0 radical (unpaired) electrons. The molecule has 0 aromatic heterocycles. The van der Waals surface area contributed by atoms with Crippen LogP contribution in [-0.2, 0) is 14.4 Å². The van der Waals surface area contributed by atoms with Crippen molar-refractivity contribution >= 4 is 17.8 Å². The molecule has 6 nitrogen and oxygen atoms in total. The summed E-state index contributed by atoms with van der Waals surface area (Å²) in [6, 6.07) is 0. The lowest BCUT2D eigenvalue weighted by Crippen LogP contribution is -2.45. The van der Waals surface area contributed by atoms with Gasteiger partial charge in [0.25, 0.3) is 0 Å². The second kappa shape index (κ2) is 6.88. The van der Waals surface area contributed by atoms with Crippen molar-refractivity contribution < 1.29 is 19.5 Å². The highest BCUT2D eigenvalue weighted by Gasteiger charge is 2.14. The Hall–Kier alpha value is -1.59. The summed E-state index contributed by atoms with van der Waals surface area (Å²) in [4.78, 5) is 32.7. The fraction of sp³-hybridized carbons (Fsp3) is 0.727. The van der Waals surface area contributed by atoms with Crippen molar-refractivity contribution in [2.45, 2.75) is 45.6 Å². The Balaban J connectivity index is 3.70. The molecule has 0 atom stereocenters. The molecule has 0 bridgehead atoms. The summed E-state index contributed by atoms with van der Waals surface area (Å²) in [5.41, 5.74) is -0.328. The van der Waals surface area contributed by atoms with E-state index in [0.29, 0.717) is 0 Å². The van der Waals surface area contributed by atoms with Crippen molar-refractivity contribution in [3.8, 4) is 0 Å². The third kappa shape index (κ3) is 10.7. The molecule has 0 aromatic carbocycles. The molecular weight excluding hydrogens is 224 g/mol. The van der Waals surface area contributed by atoms with Crippen LogP contribution in [0.5, 0.6) is 0 Å². The minimum Gasteiger partial charge on any atom is -0.481 e. The van der Waals surface area contributed by atoms with Gasteiger partial charge in [-0.2, -0.15) is 0 Å². The Morgan fingerprint density at radius 3 is 2.12 bits per heavy atom. The first-order valence-electron chi connectivity index (χ1n) is 5.50. The van der Waals surface area contributed by atoms with Gasteiger partial charge in [0.2, 0.25) is 11.8 Å². The van der Waals surface area contributed by atoms with E-state index in [1.807, 2.05) is 20.8 Å². The molecule has 0 saturated heterocycles. The van der Waals surface area contributed by atoms with E-state index in [1.165, 1.54) is 0 Å². The van der Waals surface area contributed by atoms with E-state index in [2.05, 4.69) is 10.6 Å². The molecule has 98 valence electrons. The third-order valence-electron chi connectivity index (χ3n) is 1.76. The first-order valence-corrected chi connectivity index (χ1v) is 5.50. The Bertz CT molecular complexity index is 294. The van der Waals surface area contributed by atoms with Crippen molar-refractivity contribution in [2.75, 3.05) is 6.54 Å². The van der Waals surface area contributed by atoms with Crippen LogP contribution in [0.2, 0.25) is 0 Å². The van der Waals surface area contributed by atoms with Crippen LogP contribution >= 0.6 is 0 Å². The first kappa shape index (κ1) is 15.4. The fourth-order valence-corrected chi connectivity index (χ4v) is 1.13. The molecule has 0 fully saturated rings. The highest BCUT2D eigenvalue weighted by molar-refractivity contribution is 5.85. The van der Waals surface area contributed by atoms with E-state index in [9.17, 15) is 14.4 Å². The molecule has 0 unspecified atom stereocenters. The lowest BCUT2D eigenvalue weighted by Gasteiger charge is -2.20.